The first-order valence-electron chi connectivity index (χ1n) is 6.32. The predicted molar refractivity (Wildman–Crippen MR) is 68.2 cm³/mol. The van der Waals surface area contributed by atoms with Gasteiger partial charge in [-0.3, -0.25) is 9.78 Å². The molecule has 0 aliphatic carbocycles. The van der Waals surface area contributed by atoms with Gasteiger partial charge in [-0.1, -0.05) is 0 Å². The van der Waals surface area contributed by atoms with Crippen LogP contribution in [0.25, 0.3) is 0 Å². The van der Waals surface area contributed by atoms with Crippen molar-refractivity contribution in [1.29, 1.82) is 0 Å². The van der Waals surface area contributed by atoms with Crippen molar-refractivity contribution in [3.63, 3.8) is 0 Å². The molecule has 1 saturated heterocycles. The smallest absolute Gasteiger partial charge is 0.253 e. The predicted octanol–water partition coefficient (Wildman–Crippen LogP) is 0.661. The monoisotopic (exact) mass is 249 g/mol. The molecule has 2 heterocycles. The van der Waals surface area contributed by atoms with Crippen molar-refractivity contribution >= 4 is 5.91 Å². The van der Waals surface area contributed by atoms with E-state index in [2.05, 4.69) is 4.98 Å². The van der Waals surface area contributed by atoms with Gasteiger partial charge >= 0.3 is 0 Å². The Kier molecular flexibility index (Phi) is 4.66. The number of rotatable bonds is 4. The lowest BCUT2D eigenvalue weighted by Gasteiger charge is -2.31. The third-order valence-corrected chi connectivity index (χ3v) is 3.13. The summed E-state index contributed by atoms with van der Waals surface area (Å²) in [5.74, 6) is 0.0784. The number of pyridine rings is 1. The van der Waals surface area contributed by atoms with Gasteiger partial charge in [0.25, 0.3) is 5.91 Å². The highest BCUT2D eigenvalue weighted by molar-refractivity contribution is 5.94. The zero-order chi connectivity index (χ0) is 12.8. The maximum atomic E-state index is 12.2. The molecule has 18 heavy (non-hydrogen) atoms. The van der Waals surface area contributed by atoms with Crippen molar-refractivity contribution in [2.75, 3.05) is 26.2 Å². The summed E-state index contributed by atoms with van der Waals surface area (Å²) < 4.78 is 5.59. The zero-order valence-corrected chi connectivity index (χ0v) is 10.4. The molecule has 0 saturated carbocycles. The summed E-state index contributed by atoms with van der Waals surface area (Å²) in [5, 5.41) is 0. The van der Waals surface area contributed by atoms with Crippen LogP contribution in [-0.2, 0) is 4.74 Å². The number of amides is 1. The largest absolute Gasteiger partial charge is 0.377 e. The number of carbonyl (C=O) groups excluding carboxylic acids is 1. The molecule has 1 amide bonds. The zero-order valence-electron chi connectivity index (χ0n) is 10.4. The van der Waals surface area contributed by atoms with Crippen LogP contribution in [0.2, 0.25) is 0 Å². The number of likely N-dealkylation sites (tertiary alicyclic amines) is 1. The van der Waals surface area contributed by atoms with E-state index in [0.29, 0.717) is 18.7 Å². The highest BCUT2D eigenvalue weighted by Crippen LogP contribution is 2.15. The van der Waals surface area contributed by atoms with E-state index >= 15 is 0 Å². The molecule has 0 bridgehead atoms. The Hall–Kier alpha value is -1.46. The number of nitrogens with zero attached hydrogens (tertiary/aromatic N) is 2. The fraction of sp³-hybridized carbons (Fsp3) is 0.538. The molecule has 5 heteroatoms. The van der Waals surface area contributed by atoms with Crippen LogP contribution in [-0.4, -0.2) is 48.1 Å². The highest BCUT2D eigenvalue weighted by atomic mass is 16.5. The maximum absolute atomic E-state index is 12.2. The number of nitrogens with two attached hydrogens (primary N) is 1. The van der Waals surface area contributed by atoms with E-state index in [-0.39, 0.29) is 12.0 Å². The number of ether oxygens (including phenoxy) is 1. The van der Waals surface area contributed by atoms with Crippen molar-refractivity contribution in [1.82, 2.24) is 9.88 Å². The second-order valence-electron chi connectivity index (χ2n) is 4.39. The van der Waals surface area contributed by atoms with Crippen molar-refractivity contribution in [2.24, 2.45) is 5.73 Å². The summed E-state index contributed by atoms with van der Waals surface area (Å²) in [6, 6.07) is 3.50. The average molecular weight is 249 g/mol. The SMILES string of the molecule is NCCOC1CCN(C(=O)c2ccncc2)CC1. The quantitative estimate of drug-likeness (QED) is 0.851. The molecular formula is C13H19N3O2. The Labute approximate surface area is 107 Å². The molecular weight excluding hydrogens is 230 g/mol. The van der Waals surface area contributed by atoms with Gasteiger partial charge in [-0.2, -0.15) is 0 Å². The van der Waals surface area contributed by atoms with E-state index in [0.717, 1.165) is 25.9 Å². The molecule has 0 atom stereocenters. The van der Waals surface area contributed by atoms with Crippen molar-refractivity contribution in [2.45, 2.75) is 18.9 Å². The summed E-state index contributed by atoms with van der Waals surface area (Å²) in [7, 11) is 0. The molecule has 0 unspecified atom stereocenters. The average Bonchev–Trinajstić information content (AvgIpc) is 2.46. The van der Waals surface area contributed by atoms with Crippen LogP contribution in [0.5, 0.6) is 0 Å². The minimum Gasteiger partial charge on any atom is -0.377 e. The topological polar surface area (TPSA) is 68.5 Å². The van der Waals surface area contributed by atoms with Crippen molar-refractivity contribution in [3.8, 4) is 0 Å². The molecule has 0 aromatic carbocycles. The Morgan fingerprint density at radius 1 is 1.39 bits per heavy atom. The number of aromatic nitrogens is 1. The van der Waals surface area contributed by atoms with Crippen LogP contribution in [0.15, 0.2) is 24.5 Å². The van der Waals surface area contributed by atoms with Gasteiger partial charge < -0.3 is 15.4 Å². The van der Waals surface area contributed by atoms with E-state index < -0.39 is 0 Å². The molecule has 98 valence electrons. The van der Waals surface area contributed by atoms with E-state index in [4.69, 9.17) is 10.5 Å². The lowest BCUT2D eigenvalue weighted by molar-refractivity contribution is 0.0122. The Morgan fingerprint density at radius 2 is 2.06 bits per heavy atom. The van der Waals surface area contributed by atoms with Gasteiger partial charge in [0, 0.05) is 37.6 Å². The van der Waals surface area contributed by atoms with E-state index in [1.54, 1.807) is 24.5 Å². The van der Waals surface area contributed by atoms with Gasteiger partial charge in [-0.05, 0) is 25.0 Å². The molecule has 0 spiro atoms. The van der Waals surface area contributed by atoms with Gasteiger partial charge in [-0.25, -0.2) is 0 Å². The summed E-state index contributed by atoms with van der Waals surface area (Å²) in [5.41, 5.74) is 6.10. The molecule has 5 nitrogen and oxygen atoms in total. The van der Waals surface area contributed by atoms with Crippen LogP contribution >= 0.6 is 0 Å². The van der Waals surface area contributed by atoms with E-state index in [9.17, 15) is 4.79 Å². The molecule has 1 aromatic rings. The van der Waals surface area contributed by atoms with Gasteiger partial charge in [0.2, 0.25) is 0 Å². The lowest BCUT2D eigenvalue weighted by Crippen LogP contribution is -2.41. The van der Waals surface area contributed by atoms with E-state index in [1.807, 2.05) is 4.90 Å². The molecule has 1 aromatic heterocycles. The van der Waals surface area contributed by atoms with Gasteiger partial charge in [0.05, 0.1) is 12.7 Å². The molecule has 1 fully saturated rings. The Balaban J connectivity index is 1.84. The number of piperidine rings is 1. The van der Waals surface area contributed by atoms with Gasteiger partial charge in [0.15, 0.2) is 0 Å². The third-order valence-electron chi connectivity index (χ3n) is 3.13. The van der Waals surface area contributed by atoms with Crippen LogP contribution in [0.3, 0.4) is 0 Å². The second kappa shape index (κ2) is 6.47. The number of hydrogen-bond acceptors (Lipinski definition) is 4. The summed E-state index contributed by atoms with van der Waals surface area (Å²) in [4.78, 5) is 17.9. The fourth-order valence-corrected chi connectivity index (χ4v) is 2.14. The van der Waals surface area contributed by atoms with Gasteiger partial charge in [-0.15, -0.1) is 0 Å². The minimum atomic E-state index is 0.0784. The fourth-order valence-electron chi connectivity index (χ4n) is 2.14. The van der Waals surface area contributed by atoms with Crippen LogP contribution in [0.4, 0.5) is 0 Å². The van der Waals surface area contributed by atoms with Crippen molar-refractivity contribution in [3.05, 3.63) is 30.1 Å². The Morgan fingerprint density at radius 3 is 2.67 bits per heavy atom. The Bertz CT molecular complexity index is 375. The van der Waals surface area contributed by atoms with Crippen molar-refractivity contribution < 1.29 is 9.53 Å². The molecule has 2 rings (SSSR count). The van der Waals surface area contributed by atoms with E-state index in [1.165, 1.54) is 0 Å². The minimum absolute atomic E-state index is 0.0784. The molecule has 1 aliphatic heterocycles. The summed E-state index contributed by atoms with van der Waals surface area (Å²) >= 11 is 0. The maximum Gasteiger partial charge on any atom is 0.253 e. The number of hydrogen-bond donors (Lipinski definition) is 1. The molecule has 2 N–H and O–H groups in total. The van der Waals surface area contributed by atoms with Gasteiger partial charge in [0.1, 0.15) is 0 Å². The van der Waals surface area contributed by atoms with Crippen LogP contribution in [0.1, 0.15) is 23.2 Å². The first kappa shape index (κ1) is 13.0. The van der Waals surface area contributed by atoms with Crippen LogP contribution < -0.4 is 5.73 Å². The molecule has 1 aliphatic rings. The second-order valence-corrected chi connectivity index (χ2v) is 4.39. The summed E-state index contributed by atoms with van der Waals surface area (Å²) in [6.45, 7) is 2.64. The highest BCUT2D eigenvalue weighted by Gasteiger charge is 2.23. The molecule has 0 radical (unpaired) electrons. The standard InChI is InChI=1S/C13H19N3O2/c14-5-10-18-12-3-8-16(9-4-12)13(17)11-1-6-15-7-2-11/h1-2,6-7,12H,3-5,8-10,14H2. The normalized spacial score (nSPS) is 16.8. The van der Waals surface area contributed by atoms with Crippen LogP contribution in [0, 0.1) is 0 Å². The number of carbonyl (C=O) groups is 1. The lowest BCUT2D eigenvalue weighted by atomic mass is 10.1. The first-order chi connectivity index (χ1) is 8.81. The summed E-state index contributed by atoms with van der Waals surface area (Å²) in [6.07, 6.45) is 5.30. The third kappa shape index (κ3) is 3.27. The first-order valence-corrected chi connectivity index (χ1v) is 6.32.